The Hall–Kier alpha value is -3.88. The quantitative estimate of drug-likeness (QED) is 0.142. The van der Waals surface area contributed by atoms with Crippen molar-refractivity contribution in [1.29, 1.82) is 0 Å². The molecule has 3 aromatic rings. The number of sulfonamides is 1. The van der Waals surface area contributed by atoms with Crippen LogP contribution in [-0.4, -0.2) is 74.4 Å². The molecule has 0 radical (unpaired) electrons. The third-order valence-corrected chi connectivity index (χ3v) is 8.88. The highest BCUT2D eigenvalue weighted by atomic mass is 32.2. The summed E-state index contributed by atoms with van der Waals surface area (Å²) >= 11 is 0. The molecule has 0 bridgehead atoms. The molecule has 14 heteroatoms. The highest BCUT2D eigenvalue weighted by molar-refractivity contribution is 7.89. The first-order valence-electron chi connectivity index (χ1n) is 14.4. The minimum Gasteiger partial charge on any atom is -0.440 e. The zero-order valence-electron chi connectivity index (χ0n) is 25.1. The van der Waals surface area contributed by atoms with Crippen molar-refractivity contribution in [2.75, 3.05) is 32.0 Å². The number of nitrogens with zero attached hydrogens (tertiary/aromatic N) is 1. The molecule has 2 atom stereocenters. The molecule has 0 aliphatic heterocycles. The van der Waals surface area contributed by atoms with E-state index < -0.39 is 53.5 Å². The van der Waals surface area contributed by atoms with Crippen molar-refractivity contribution in [2.45, 2.75) is 56.3 Å². The summed E-state index contributed by atoms with van der Waals surface area (Å²) in [5.41, 5.74) is 6.79. The van der Waals surface area contributed by atoms with Crippen LogP contribution in [0.15, 0.2) is 71.6 Å². The maximum Gasteiger partial charge on any atom is 0.422 e. The minimum atomic E-state index is -4.74. The number of hydrogen-bond acceptors (Lipinski definition) is 7. The van der Waals surface area contributed by atoms with Crippen LogP contribution >= 0.6 is 0 Å². The summed E-state index contributed by atoms with van der Waals surface area (Å²) in [5.74, 6) is -0.721. The lowest BCUT2D eigenvalue weighted by molar-refractivity contribution is -0.160. The lowest BCUT2D eigenvalue weighted by Gasteiger charge is -2.31. The van der Waals surface area contributed by atoms with Gasteiger partial charge in [0.1, 0.15) is 6.04 Å². The molecule has 0 aromatic heterocycles. The van der Waals surface area contributed by atoms with E-state index in [1.165, 1.54) is 28.6 Å². The van der Waals surface area contributed by atoms with Gasteiger partial charge in [0.25, 0.3) is 0 Å². The second kappa shape index (κ2) is 15.9. The first-order chi connectivity index (χ1) is 21.2. The van der Waals surface area contributed by atoms with Gasteiger partial charge in [0, 0.05) is 31.2 Å². The van der Waals surface area contributed by atoms with E-state index in [4.69, 9.17) is 5.73 Å². The predicted molar refractivity (Wildman–Crippen MR) is 165 cm³/mol. The van der Waals surface area contributed by atoms with Gasteiger partial charge in [0.2, 0.25) is 15.9 Å². The van der Waals surface area contributed by atoms with Crippen molar-refractivity contribution in [2.24, 2.45) is 5.92 Å². The molecule has 0 saturated heterocycles. The summed E-state index contributed by atoms with van der Waals surface area (Å²) in [6.07, 6.45) is -5.73. The number of alkyl carbamates (subject to hydrolysis) is 1. The van der Waals surface area contributed by atoms with Gasteiger partial charge in [-0.15, -0.1) is 0 Å². The molecule has 45 heavy (non-hydrogen) atoms. The Labute approximate surface area is 260 Å². The van der Waals surface area contributed by atoms with Gasteiger partial charge in [-0.3, -0.25) is 4.79 Å². The number of nitrogen functional groups attached to an aromatic ring is 1. The van der Waals surface area contributed by atoms with Gasteiger partial charge in [-0.25, -0.2) is 13.2 Å². The van der Waals surface area contributed by atoms with E-state index in [0.717, 1.165) is 10.8 Å². The van der Waals surface area contributed by atoms with Crippen LogP contribution in [0.5, 0.6) is 0 Å². The molecule has 0 fully saturated rings. The maximum atomic E-state index is 13.5. The highest BCUT2D eigenvalue weighted by Gasteiger charge is 2.33. The molecule has 0 unspecified atom stereocenters. The Balaban J connectivity index is 1.71. The van der Waals surface area contributed by atoms with Gasteiger partial charge < -0.3 is 26.2 Å². The summed E-state index contributed by atoms with van der Waals surface area (Å²) in [6.45, 7) is 1.60. The average molecular weight is 653 g/mol. The molecule has 0 aliphatic rings. The van der Waals surface area contributed by atoms with E-state index in [2.05, 4.69) is 15.4 Å². The molecule has 0 heterocycles. The number of nitrogens with one attached hydrogen (secondary N) is 2. The van der Waals surface area contributed by atoms with Crippen LogP contribution in [0.3, 0.4) is 0 Å². The highest BCUT2D eigenvalue weighted by Crippen LogP contribution is 2.24. The number of alkyl halides is 3. The summed E-state index contributed by atoms with van der Waals surface area (Å²) in [5, 5.41) is 16.8. The van der Waals surface area contributed by atoms with Crippen LogP contribution in [-0.2, 0) is 26.0 Å². The molecule has 0 saturated carbocycles. The number of aliphatic hydroxyl groups is 1. The predicted octanol–water partition coefficient (Wildman–Crippen LogP) is 4.23. The standard InChI is InChI=1S/C31H39F3N4O6S/c1-21(2)18-38(45(42,43)26-14-12-24(35)13-15-26)25(19-39)10-6-16-36-29(40)28(37-30(41)44-20-31(32,33)34)17-23-9-5-8-22-7-3-4-11-27(22)23/h3-5,7-9,11-15,21,25,28,39H,6,10,16-20,35H2,1-2H3,(H,36,40)(H,37,41)/t25-,28-/m0/s1. The van der Waals surface area contributed by atoms with E-state index in [1.54, 1.807) is 18.2 Å². The van der Waals surface area contributed by atoms with E-state index in [9.17, 15) is 36.3 Å². The first kappa shape index (κ1) is 35.6. The topological polar surface area (TPSA) is 151 Å². The summed E-state index contributed by atoms with van der Waals surface area (Å²) < 4.78 is 70.3. The second-order valence-corrected chi connectivity index (χ2v) is 12.9. The molecule has 3 rings (SSSR count). The van der Waals surface area contributed by atoms with E-state index >= 15 is 0 Å². The van der Waals surface area contributed by atoms with Gasteiger partial charge in [0.15, 0.2) is 6.61 Å². The van der Waals surface area contributed by atoms with Crippen LogP contribution < -0.4 is 16.4 Å². The molecule has 0 aliphatic carbocycles. The van der Waals surface area contributed by atoms with Crippen LogP contribution in [0.2, 0.25) is 0 Å². The van der Waals surface area contributed by atoms with Crippen LogP contribution in [0.25, 0.3) is 10.8 Å². The van der Waals surface area contributed by atoms with Gasteiger partial charge >= 0.3 is 12.3 Å². The third-order valence-electron chi connectivity index (χ3n) is 6.94. The van der Waals surface area contributed by atoms with Crippen molar-refractivity contribution in [3.63, 3.8) is 0 Å². The summed E-state index contributed by atoms with van der Waals surface area (Å²) in [4.78, 5) is 25.4. The SMILES string of the molecule is CC(C)CN([C@H](CO)CCCNC(=O)[C@H](Cc1cccc2ccccc12)NC(=O)OCC(F)(F)F)S(=O)(=O)c1ccc(N)cc1. The Morgan fingerprint density at radius 2 is 1.69 bits per heavy atom. The van der Waals surface area contributed by atoms with Crippen LogP contribution in [0, 0.1) is 5.92 Å². The van der Waals surface area contributed by atoms with Crippen molar-refractivity contribution < 1.29 is 41.0 Å². The average Bonchev–Trinajstić information content (AvgIpc) is 2.98. The van der Waals surface area contributed by atoms with Gasteiger partial charge in [0.05, 0.1) is 11.5 Å². The number of amides is 2. The molecule has 3 aromatic carbocycles. The van der Waals surface area contributed by atoms with Gasteiger partial charge in [-0.1, -0.05) is 56.3 Å². The Morgan fingerprint density at radius 3 is 2.33 bits per heavy atom. The number of carbonyl (C=O) groups excluding carboxylic acids is 2. The largest absolute Gasteiger partial charge is 0.440 e. The summed E-state index contributed by atoms with van der Waals surface area (Å²) in [6, 6.07) is 16.4. The number of anilines is 1. The first-order valence-corrected chi connectivity index (χ1v) is 15.9. The second-order valence-electron chi connectivity index (χ2n) is 11.0. The molecular formula is C31H39F3N4O6S. The zero-order chi connectivity index (χ0) is 33.2. The third kappa shape index (κ3) is 10.6. The molecule has 0 spiro atoms. The van der Waals surface area contributed by atoms with Gasteiger partial charge in [-0.2, -0.15) is 17.5 Å². The number of hydrogen-bond donors (Lipinski definition) is 4. The molecule has 5 N–H and O–H groups in total. The van der Waals surface area contributed by atoms with Crippen LogP contribution in [0.1, 0.15) is 32.3 Å². The van der Waals surface area contributed by atoms with E-state index in [1.807, 2.05) is 38.1 Å². The minimum absolute atomic E-state index is 0.0314. The monoisotopic (exact) mass is 652 g/mol. The number of ether oxygens (including phenoxy) is 1. The lowest BCUT2D eigenvalue weighted by Crippen LogP contribution is -2.49. The molecule has 10 nitrogen and oxygen atoms in total. The molecule has 246 valence electrons. The molecular weight excluding hydrogens is 613 g/mol. The Kier molecular flexibility index (Phi) is 12.6. The maximum absolute atomic E-state index is 13.5. The fourth-order valence-corrected chi connectivity index (χ4v) is 6.62. The number of carbonyl (C=O) groups is 2. The molecule has 2 amide bonds. The van der Waals surface area contributed by atoms with Crippen molar-refractivity contribution in [3.05, 3.63) is 72.3 Å². The fraction of sp³-hybridized carbons (Fsp3) is 0.419. The number of aliphatic hydroxyl groups excluding tert-OH is 1. The Morgan fingerprint density at radius 1 is 1.02 bits per heavy atom. The van der Waals surface area contributed by atoms with Crippen LogP contribution in [0.4, 0.5) is 23.7 Å². The fourth-order valence-electron chi connectivity index (χ4n) is 4.81. The summed E-state index contributed by atoms with van der Waals surface area (Å²) in [7, 11) is -3.98. The number of fused-ring (bicyclic) bond motifs is 1. The number of rotatable bonds is 15. The Bertz CT molecular complexity index is 1530. The van der Waals surface area contributed by atoms with Crippen molar-refractivity contribution in [3.8, 4) is 0 Å². The lowest BCUT2D eigenvalue weighted by atomic mass is 9.98. The van der Waals surface area contributed by atoms with Crippen molar-refractivity contribution >= 4 is 38.5 Å². The zero-order valence-corrected chi connectivity index (χ0v) is 25.9. The smallest absolute Gasteiger partial charge is 0.422 e. The van der Waals surface area contributed by atoms with Gasteiger partial charge in [-0.05, 0) is 59.4 Å². The number of halogens is 3. The van der Waals surface area contributed by atoms with E-state index in [-0.39, 0.29) is 43.2 Å². The van der Waals surface area contributed by atoms with E-state index in [0.29, 0.717) is 11.3 Å². The number of benzene rings is 3. The number of nitrogens with two attached hydrogens (primary N) is 1. The van der Waals surface area contributed by atoms with Crippen molar-refractivity contribution in [1.82, 2.24) is 14.9 Å². The normalized spacial score (nSPS) is 13.5.